The largest absolute Gasteiger partial charge is 0.502 e. The Kier molecular flexibility index (Phi) is 5.06. The molecule has 21 heavy (non-hydrogen) atoms. The molecule has 0 bridgehead atoms. The summed E-state index contributed by atoms with van der Waals surface area (Å²) in [6.45, 7) is 3.54. The first-order valence-electron chi connectivity index (χ1n) is 6.84. The first-order chi connectivity index (χ1) is 10.1. The number of methoxy groups -OCH3 is 2. The summed E-state index contributed by atoms with van der Waals surface area (Å²) in [5, 5.41) is 13.3. The standard InChI is InChI=1S/C17H21NO3/c1-12-5-4-6-13(7-12)10-18-11-14-8-15(20-2)17(19)16(9-14)21-3/h4-9,18-19H,10-11H2,1-3H3. The maximum atomic E-state index is 9.88. The van der Waals surface area contributed by atoms with Crippen LogP contribution in [0, 0.1) is 6.92 Å². The second-order valence-corrected chi connectivity index (χ2v) is 4.94. The van der Waals surface area contributed by atoms with Crippen LogP contribution >= 0.6 is 0 Å². The molecule has 0 aliphatic carbocycles. The smallest absolute Gasteiger partial charge is 0.200 e. The third-order valence-corrected chi connectivity index (χ3v) is 3.28. The summed E-state index contributed by atoms with van der Waals surface area (Å²) in [5.74, 6) is 0.867. The second kappa shape index (κ2) is 6.99. The molecule has 0 saturated carbocycles. The van der Waals surface area contributed by atoms with Gasteiger partial charge in [-0.05, 0) is 30.2 Å². The van der Waals surface area contributed by atoms with E-state index in [1.807, 2.05) is 0 Å². The lowest BCUT2D eigenvalue weighted by molar-refractivity contribution is 0.339. The van der Waals surface area contributed by atoms with E-state index in [1.165, 1.54) is 25.3 Å². The van der Waals surface area contributed by atoms with Crippen molar-refractivity contribution in [3.05, 3.63) is 53.1 Å². The van der Waals surface area contributed by atoms with E-state index in [4.69, 9.17) is 9.47 Å². The minimum absolute atomic E-state index is 0.0300. The van der Waals surface area contributed by atoms with Gasteiger partial charge in [0.2, 0.25) is 5.75 Å². The Morgan fingerprint density at radius 3 is 2.14 bits per heavy atom. The number of nitrogens with one attached hydrogen (secondary N) is 1. The van der Waals surface area contributed by atoms with Crippen molar-refractivity contribution < 1.29 is 14.6 Å². The molecule has 2 rings (SSSR count). The molecular formula is C17H21NO3. The monoisotopic (exact) mass is 287 g/mol. The lowest BCUT2D eigenvalue weighted by Crippen LogP contribution is -2.13. The summed E-state index contributed by atoms with van der Waals surface area (Å²) >= 11 is 0. The normalized spacial score (nSPS) is 10.4. The Balaban J connectivity index is 2.03. The van der Waals surface area contributed by atoms with Gasteiger partial charge in [0, 0.05) is 13.1 Å². The molecule has 0 aliphatic rings. The molecule has 0 amide bonds. The Morgan fingerprint density at radius 1 is 0.952 bits per heavy atom. The van der Waals surface area contributed by atoms with E-state index in [1.54, 1.807) is 12.1 Å². The summed E-state index contributed by atoms with van der Waals surface area (Å²) < 4.78 is 10.3. The van der Waals surface area contributed by atoms with Gasteiger partial charge in [0.25, 0.3) is 0 Å². The van der Waals surface area contributed by atoms with Crippen molar-refractivity contribution in [2.24, 2.45) is 0 Å². The number of rotatable bonds is 6. The molecule has 112 valence electrons. The summed E-state index contributed by atoms with van der Waals surface area (Å²) in [4.78, 5) is 0. The van der Waals surface area contributed by atoms with Crippen molar-refractivity contribution in [2.45, 2.75) is 20.0 Å². The fourth-order valence-electron chi connectivity index (χ4n) is 2.22. The van der Waals surface area contributed by atoms with Crippen LogP contribution in [0.3, 0.4) is 0 Å². The number of hydrogen-bond donors (Lipinski definition) is 2. The van der Waals surface area contributed by atoms with Crippen LogP contribution in [0.5, 0.6) is 17.2 Å². The minimum Gasteiger partial charge on any atom is -0.502 e. The molecule has 0 heterocycles. The zero-order valence-electron chi connectivity index (χ0n) is 12.6. The highest BCUT2D eigenvalue weighted by Crippen LogP contribution is 2.36. The van der Waals surface area contributed by atoms with Gasteiger partial charge in [-0.25, -0.2) is 0 Å². The fraction of sp³-hybridized carbons (Fsp3) is 0.294. The molecule has 0 fully saturated rings. The number of aromatic hydroxyl groups is 1. The molecule has 0 spiro atoms. The van der Waals surface area contributed by atoms with Crippen LogP contribution in [-0.4, -0.2) is 19.3 Å². The van der Waals surface area contributed by atoms with Gasteiger partial charge in [-0.2, -0.15) is 0 Å². The molecule has 0 unspecified atom stereocenters. The van der Waals surface area contributed by atoms with Gasteiger partial charge in [0.15, 0.2) is 11.5 Å². The van der Waals surface area contributed by atoms with Crippen molar-refractivity contribution in [3.8, 4) is 17.2 Å². The predicted octanol–water partition coefficient (Wildman–Crippen LogP) is 3.01. The Bertz CT molecular complexity index is 586. The van der Waals surface area contributed by atoms with Gasteiger partial charge < -0.3 is 19.9 Å². The van der Waals surface area contributed by atoms with Crippen LogP contribution in [0.1, 0.15) is 16.7 Å². The van der Waals surface area contributed by atoms with Gasteiger partial charge in [0.05, 0.1) is 14.2 Å². The molecule has 0 aliphatic heterocycles. The minimum atomic E-state index is 0.0300. The lowest BCUT2D eigenvalue weighted by Gasteiger charge is -2.12. The SMILES string of the molecule is COc1cc(CNCc2cccc(C)c2)cc(OC)c1O. The van der Waals surface area contributed by atoms with E-state index in [2.05, 4.69) is 36.5 Å². The van der Waals surface area contributed by atoms with Crippen molar-refractivity contribution in [3.63, 3.8) is 0 Å². The van der Waals surface area contributed by atoms with Crippen molar-refractivity contribution >= 4 is 0 Å². The highest BCUT2D eigenvalue weighted by Gasteiger charge is 2.10. The fourth-order valence-corrected chi connectivity index (χ4v) is 2.22. The van der Waals surface area contributed by atoms with E-state index in [0.29, 0.717) is 18.0 Å². The van der Waals surface area contributed by atoms with E-state index in [9.17, 15) is 5.11 Å². The number of ether oxygens (including phenoxy) is 2. The Morgan fingerprint density at radius 2 is 1.57 bits per heavy atom. The second-order valence-electron chi connectivity index (χ2n) is 4.94. The van der Waals surface area contributed by atoms with Crippen LogP contribution in [0.2, 0.25) is 0 Å². The summed E-state index contributed by atoms with van der Waals surface area (Å²) in [5.41, 5.74) is 3.49. The molecule has 4 nitrogen and oxygen atoms in total. The lowest BCUT2D eigenvalue weighted by atomic mass is 10.1. The van der Waals surface area contributed by atoms with Gasteiger partial charge >= 0.3 is 0 Å². The highest BCUT2D eigenvalue weighted by molar-refractivity contribution is 5.52. The molecule has 0 saturated heterocycles. The molecule has 0 radical (unpaired) electrons. The summed E-state index contributed by atoms with van der Waals surface area (Å²) in [7, 11) is 3.05. The zero-order valence-corrected chi connectivity index (χ0v) is 12.6. The Labute approximate surface area is 125 Å². The zero-order chi connectivity index (χ0) is 15.2. The van der Waals surface area contributed by atoms with E-state index < -0.39 is 0 Å². The molecule has 2 N–H and O–H groups in total. The maximum absolute atomic E-state index is 9.88. The number of hydrogen-bond acceptors (Lipinski definition) is 4. The van der Waals surface area contributed by atoms with Crippen LogP contribution in [0.15, 0.2) is 36.4 Å². The summed E-state index contributed by atoms with van der Waals surface area (Å²) in [6.07, 6.45) is 0. The number of benzene rings is 2. The topological polar surface area (TPSA) is 50.7 Å². The van der Waals surface area contributed by atoms with Crippen LogP contribution in [-0.2, 0) is 13.1 Å². The van der Waals surface area contributed by atoms with Gasteiger partial charge in [-0.3, -0.25) is 0 Å². The van der Waals surface area contributed by atoms with Crippen molar-refractivity contribution in [1.29, 1.82) is 0 Å². The third kappa shape index (κ3) is 3.89. The molecule has 4 heteroatoms. The van der Waals surface area contributed by atoms with Gasteiger partial charge in [-0.1, -0.05) is 29.8 Å². The summed E-state index contributed by atoms with van der Waals surface area (Å²) in [6, 6.07) is 12.0. The molecule has 2 aromatic rings. The van der Waals surface area contributed by atoms with Crippen LogP contribution in [0.4, 0.5) is 0 Å². The average molecular weight is 287 g/mol. The van der Waals surface area contributed by atoms with Crippen molar-refractivity contribution in [1.82, 2.24) is 5.32 Å². The first-order valence-corrected chi connectivity index (χ1v) is 6.84. The Hall–Kier alpha value is -2.20. The van der Waals surface area contributed by atoms with E-state index in [-0.39, 0.29) is 5.75 Å². The molecular weight excluding hydrogens is 266 g/mol. The van der Waals surface area contributed by atoms with E-state index in [0.717, 1.165) is 12.1 Å². The van der Waals surface area contributed by atoms with Crippen molar-refractivity contribution in [2.75, 3.05) is 14.2 Å². The molecule has 0 atom stereocenters. The molecule has 0 aromatic heterocycles. The quantitative estimate of drug-likeness (QED) is 0.857. The number of phenols is 1. The highest BCUT2D eigenvalue weighted by atomic mass is 16.5. The van der Waals surface area contributed by atoms with Crippen LogP contribution < -0.4 is 14.8 Å². The maximum Gasteiger partial charge on any atom is 0.200 e. The average Bonchev–Trinajstić information content (AvgIpc) is 2.48. The number of phenolic OH excluding ortho intramolecular Hbond substituents is 1. The number of aryl methyl sites for hydroxylation is 1. The van der Waals surface area contributed by atoms with Gasteiger partial charge in [-0.15, -0.1) is 0 Å². The van der Waals surface area contributed by atoms with Crippen LogP contribution in [0.25, 0.3) is 0 Å². The predicted molar refractivity (Wildman–Crippen MR) is 82.9 cm³/mol. The molecule has 2 aromatic carbocycles. The van der Waals surface area contributed by atoms with E-state index >= 15 is 0 Å². The first kappa shape index (κ1) is 15.2. The third-order valence-electron chi connectivity index (χ3n) is 3.28. The van der Waals surface area contributed by atoms with Gasteiger partial charge in [0.1, 0.15) is 0 Å².